The molecule has 130 valence electrons. The van der Waals surface area contributed by atoms with Crippen LogP contribution >= 0.6 is 0 Å². The summed E-state index contributed by atoms with van der Waals surface area (Å²) in [6.07, 6.45) is 12.0. The first-order chi connectivity index (χ1) is 11.1. The molecule has 1 rings (SSSR count). The van der Waals surface area contributed by atoms with E-state index in [1.54, 1.807) is 6.33 Å². The molecule has 0 fully saturated rings. The zero-order valence-corrected chi connectivity index (χ0v) is 13.5. The molecule has 0 aliphatic carbocycles. The quantitative estimate of drug-likeness (QED) is 0.425. The normalized spacial score (nSPS) is 10.3. The number of aliphatic carboxylic acids is 2. The zero-order chi connectivity index (χ0) is 17.3. The van der Waals surface area contributed by atoms with Gasteiger partial charge in [-0.3, -0.25) is 0 Å². The molecule has 0 atom stereocenters. The lowest BCUT2D eigenvalue weighted by molar-refractivity contribution is -0.134. The summed E-state index contributed by atoms with van der Waals surface area (Å²) in [5.74, 6) is -2.51. The molecular formula is C16H26N2O5. The number of aromatic amines is 1. The summed E-state index contributed by atoms with van der Waals surface area (Å²) in [4.78, 5) is 26.2. The fourth-order valence-corrected chi connectivity index (χ4v) is 1.66. The topological polar surface area (TPSA) is 113 Å². The minimum absolute atomic E-state index is 0.558. The van der Waals surface area contributed by atoms with Gasteiger partial charge in [0.2, 0.25) is 0 Å². The van der Waals surface area contributed by atoms with Crippen LogP contribution in [0.15, 0.2) is 24.7 Å². The van der Waals surface area contributed by atoms with Gasteiger partial charge in [0.05, 0.1) is 6.33 Å². The maximum absolute atomic E-state index is 9.55. The first kappa shape index (κ1) is 20.9. The van der Waals surface area contributed by atoms with E-state index in [0.717, 1.165) is 26.1 Å². The lowest BCUT2D eigenvalue weighted by Gasteiger charge is -2.03. The van der Waals surface area contributed by atoms with Gasteiger partial charge in [-0.2, -0.15) is 0 Å². The van der Waals surface area contributed by atoms with Gasteiger partial charge in [0.1, 0.15) is 0 Å². The van der Waals surface area contributed by atoms with Gasteiger partial charge in [-0.15, -0.1) is 0 Å². The molecule has 7 nitrogen and oxygen atoms in total. The molecule has 1 heterocycles. The van der Waals surface area contributed by atoms with Gasteiger partial charge in [0.15, 0.2) is 0 Å². The summed E-state index contributed by atoms with van der Waals surface area (Å²) in [7, 11) is 0. The number of hydrogen-bond acceptors (Lipinski definition) is 4. The van der Waals surface area contributed by atoms with E-state index in [9.17, 15) is 9.59 Å². The number of rotatable bonds is 11. The van der Waals surface area contributed by atoms with E-state index < -0.39 is 11.9 Å². The lowest BCUT2D eigenvalue weighted by Crippen LogP contribution is -1.98. The van der Waals surface area contributed by atoms with Crippen molar-refractivity contribution in [2.24, 2.45) is 0 Å². The lowest BCUT2D eigenvalue weighted by atomic mass is 10.2. The van der Waals surface area contributed by atoms with Crippen LogP contribution in [-0.2, 0) is 20.7 Å². The first-order valence-corrected chi connectivity index (χ1v) is 7.75. The van der Waals surface area contributed by atoms with Crippen molar-refractivity contribution in [1.29, 1.82) is 0 Å². The highest BCUT2D eigenvalue weighted by atomic mass is 16.5. The van der Waals surface area contributed by atoms with Crippen LogP contribution in [0.2, 0.25) is 0 Å². The molecule has 0 aliphatic heterocycles. The highest BCUT2D eigenvalue weighted by Gasteiger charge is 1.94. The number of nitrogens with zero attached hydrogens (tertiary/aromatic N) is 1. The second-order valence-corrected chi connectivity index (χ2v) is 4.86. The highest BCUT2D eigenvalue weighted by molar-refractivity contribution is 5.89. The van der Waals surface area contributed by atoms with E-state index in [1.807, 2.05) is 6.20 Å². The molecule has 1 aromatic rings. The number of unbranched alkanes of at least 4 members (excludes halogenated alkanes) is 3. The number of aryl methyl sites for hydroxylation is 1. The Kier molecular flexibility index (Phi) is 13.4. The average molecular weight is 326 g/mol. The number of H-pyrrole nitrogens is 1. The molecule has 0 saturated heterocycles. The third kappa shape index (κ3) is 16.1. The fraction of sp³-hybridized carbons (Fsp3) is 0.562. The number of carboxylic acid groups (broad SMARTS) is 2. The summed E-state index contributed by atoms with van der Waals surface area (Å²) in [6, 6.07) is 0. The van der Waals surface area contributed by atoms with Gasteiger partial charge >= 0.3 is 11.9 Å². The van der Waals surface area contributed by atoms with Crippen LogP contribution in [-0.4, -0.2) is 45.3 Å². The molecule has 0 radical (unpaired) electrons. The molecule has 3 N–H and O–H groups in total. The Morgan fingerprint density at radius 2 is 1.78 bits per heavy atom. The van der Waals surface area contributed by atoms with Gasteiger partial charge in [-0.25, -0.2) is 14.6 Å². The van der Waals surface area contributed by atoms with Crippen molar-refractivity contribution in [2.75, 3.05) is 13.2 Å². The van der Waals surface area contributed by atoms with Crippen LogP contribution in [0.5, 0.6) is 0 Å². The molecule has 0 bridgehead atoms. The highest BCUT2D eigenvalue weighted by Crippen LogP contribution is 2.00. The molecule has 1 aromatic heterocycles. The van der Waals surface area contributed by atoms with Crippen molar-refractivity contribution in [3.63, 3.8) is 0 Å². The number of hydrogen-bond donors (Lipinski definition) is 3. The second kappa shape index (κ2) is 14.8. The van der Waals surface area contributed by atoms with Gasteiger partial charge in [0.25, 0.3) is 0 Å². The van der Waals surface area contributed by atoms with Crippen molar-refractivity contribution in [1.82, 2.24) is 9.97 Å². The minimum atomic E-state index is -1.26. The molecule has 0 saturated carbocycles. The third-order valence-corrected chi connectivity index (χ3v) is 2.80. The molecule has 0 aromatic carbocycles. The summed E-state index contributed by atoms with van der Waals surface area (Å²) in [6.45, 7) is 4.01. The van der Waals surface area contributed by atoms with Crippen LogP contribution < -0.4 is 0 Å². The molecule has 0 amide bonds. The maximum Gasteiger partial charge on any atom is 0.328 e. The second-order valence-electron chi connectivity index (χ2n) is 4.86. The van der Waals surface area contributed by atoms with Crippen LogP contribution in [0.3, 0.4) is 0 Å². The summed E-state index contributed by atoms with van der Waals surface area (Å²) in [5, 5.41) is 15.6. The predicted molar refractivity (Wildman–Crippen MR) is 86.3 cm³/mol. The van der Waals surface area contributed by atoms with Crippen molar-refractivity contribution in [2.45, 2.75) is 45.4 Å². The molecular weight excluding hydrogens is 300 g/mol. The number of aromatic nitrogens is 2. The van der Waals surface area contributed by atoms with Crippen LogP contribution in [0, 0.1) is 0 Å². The van der Waals surface area contributed by atoms with Crippen LogP contribution in [0.4, 0.5) is 0 Å². The van der Waals surface area contributed by atoms with Crippen molar-refractivity contribution >= 4 is 11.9 Å². The molecule has 23 heavy (non-hydrogen) atoms. The Balaban J connectivity index is 0.000000515. The number of imidazole rings is 1. The Morgan fingerprint density at radius 1 is 1.13 bits per heavy atom. The van der Waals surface area contributed by atoms with Gasteiger partial charge in [-0.1, -0.05) is 26.2 Å². The van der Waals surface area contributed by atoms with Gasteiger partial charge in [-0.05, 0) is 19.3 Å². The number of ether oxygens (including phenoxy) is 1. The molecule has 7 heteroatoms. The Hall–Kier alpha value is -2.15. The van der Waals surface area contributed by atoms with E-state index >= 15 is 0 Å². The SMILES string of the molecule is CCCCCCOCCCc1cnc[nH]1.O=C(O)/C=C\C(=O)O. The van der Waals surface area contributed by atoms with E-state index in [-0.39, 0.29) is 0 Å². The smallest absolute Gasteiger partial charge is 0.328 e. The molecule has 0 unspecified atom stereocenters. The third-order valence-electron chi connectivity index (χ3n) is 2.80. The zero-order valence-electron chi connectivity index (χ0n) is 13.5. The van der Waals surface area contributed by atoms with Gasteiger partial charge < -0.3 is 19.9 Å². The van der Waals surface area contributed by atoms with Gasteiger partial charge in [0, 0.05) is 37.3 Å². The number of nitrogens with one attached hydrogen (secondary N) is 1. The predicted octanol–water partition coefficient (Wildman–Crippen LogP) is 2.65. The standard InChI is InChI=1S/C12H22N2O.C4H4O4/c1-2-3-4-5-8-15-9-6-7-12-10-13-11-14-12;5-3(6)1-2-4(7)8/h10-11H,2-9H2,1H3,(H,13,14);1-2H,(H,5,6)(H,7,8)/b;2-1-. The van der Waals surface area contributed by atoms with E-state index in [2.05, 4.69) is 16.9 Å². The Labute approximate surface area is 136 Å². The fourth-order valence-electron chi connectivity index (χ4n) is 1.66. The van der Waals surface area contributed by atoms with Crippen molar-refractivity contribution in [3.05, 3.63) is 30.4 Å². The Morgan fingerprint density at radius 3 is 2.30 bits per heavy atom. The van der Waals surface area contributed by atoms with E-state index in [4.69, 9.17) is 14.9 Å². The number of carbonyl (C=O) groups is 2. The largest absolute Gasteiger partial charge is 0.478 e. The van der Waals surface area contributed by atoms with E-state index in [0.29, 0.717) is 12.2 Å². The maximum atomic E-state index is 9.55. The summed E-state index contributed by atoms with van der Waals surface area (Å²) < 4.78 is 5.54. The summed E-state index contributed by atoms with van der Waals surface area (Å²) >= 11 is 0. The van der Waals surface area contributed by atoms with E-state index in [1.165, 1.54) is 31.4 Å². The Bertz CT molecular complexity index is 427. The number of carboxylic acids is 2. The minimum Gasteiger partial charge on any atom is -0.478 e. The van der Waals surface area contributed by atoms with Crippen molar-refractivity contribution < 1.29 is 24.5 Å². The first-order valence-electron chi connectivity index (χ1n) is 7.75. The molecule has 0 spiro atoms. The summed E-state index contributed by atoms with van der Waals surface area (Å²) in [5.41, 5.74) is 1.20. The molecule has 0 aliphatic rings. The van der Waals surface area contributed by atoms with Crippen LogP contribution in [0.25, 0.3) is 0 Å². The monoisotopic (exact) mass is 326 g/mol. The average Bonchev–Trinajstić information content (AvgIpc) is 3.02. The van der Waals surface area contributed by atoms with Crippen LogP contribution in [0.1, 0.15) is 44.7 Å². The van der Waals surface area contributed by atoms with Crippen molar-refractivity contribution in [3.8, 4) is 0 Å².